The number of carboxylic acids is 1. The maximum Gasteiger partial charge on any atom is 0.326 e. The van der Waals surface area contributed by atoms with Gasteiger partial charge in [0.15, 0.2) is 0 Å². The number of rotatable bonds is 9. The fourth-order valence-electron chi connectivity index (χ4n) is 2.32. The van der Waals surface area contributed by atoms with Crippen molar-refractivity contribution in [3.05, 3.63) is 54.1 Å². The second-order valence-electron chi connectivity index (χ2n) is 5.75. The third kappa shape index (κ3) is 6.02. The van der Waals surface area contributed by atoms with Crippen molar-refractivity contribution in [2.45, 2.75) is 24.9 Å². The van der Waals surface area contributed by atoms with Crippen LogP contribution in [0.1, 0.15) is 11.3 Å². The van der Waals surface area contributed by atoms with E-state index >= 15 is 0 Å². The fourth-order valence-corrected chi connectivity index (χ4v) is 2.32. The molecular formula is C17H21N5O4. The third-order valence-corrected chi connectivity index (χ3v) is 3.67. The lowest BCUT2D eigenvalue weighted by atomic mass is 10.1. The number of hydrogen-bond donors (Lipinski definition) is 5. The minimum atomic E-state index is -1.15. The summed E-state index contributed by atoms with van der Waals surface area (Å²) in [6, 6.07) is 7.02. The predicted molar refractivity (Wildman–Crippen MR) is 93.0 cm³/mol. The molecule has 0 radical (unpaired) electrons. The van der Waals surface area contributed by atoms with Crippen LogP contribution in [0.5, 0.6) is 0 Å². The maximum absolute atomic E-state index is 11.9. The van der Waals surface area contributed by atoms with Crippen molar-refractivity contribution in [3.63, 3.8) is 0 Å². The van der Waals surface area contributed by atoms with Gasteiger partial charge in [0.1, 0.15) is 6.04 Å². The third-order valence-electron chi connectivity index (χ3n) is 3.67. The number of hydrogen-bond acceptors (Lipinski definition) is 5. The van der Waals surface area contributed by atoms with Gasteiger partial charge in [0.2, 0.25) is 11.8 Å². The highest BCUT2D eigenvalue weighted by molar-refractivity contribution is 5.89. The molecule has 9 nitrogen and oxygen atoms in total. The minimum Gasteiger partial charge on any atom is -0.480 e. The zero-order valence-electron chi connectivity index (χ0n) is 14.0. The molecule has 1 aromatic carbocycles. The molecule has 0 spiro atoms. The van der Waals surface area contributed by atoms with Crippen LogP contribution in [0.2, 0.25) is 0 Å². The molecule has 0 aliphatic heterocycles. The molecule has 0 saturated carbocycles. The van der Waals surface area contributed by atoms with Gasteiger partial charge in [0.05, 0.1) is 18.9 Å². The topological polar surface area (TPSA) is 150 Å². The summed E-state index contributed by atoms with van der Waals surface area (Å²) in [6.45, 7) is -0.353. The van der Waals surface area contributed by atoms with Gasteiger partial charge in [-0.25, -0.2) is 9.78 Å². The van der Waals surface area contributed by atoms with E-state index in [4.69, 9.17) is 5.73 Å². The molecule has 26 heavy (non-hydrogen) atoms. The number of carbonyl (C=O) groups is 3. The van der Waals surface area contributed by atoms with E-state index in [1.807, 2.05) is 6.07 Å². The molecule has 9 heteroatoms. The van der Waals surface area contributed by atoms with E-state index in [2.05, 4.69) is 20.6 Å². The average molecular weight is 359 g/mol. The van der Waals surface area contributed by atoms with Crippen molar-refractivity contribution >= 4 is 17.8 Å². The molecule has 1 heterocycles. The highest BCUT2D eigenvalue weighted by atomic mass is 16.4. The molecule has 0 aliphatic rings. The zero-order valence-corrected chi connectivity index (χ0v) is 14.0. The molecule has 2 aromatic rings. The first-order valence-corrected chi connectivity index (χ1v) is 8.02. The van der Waals surface area contributed by atoms with E-state index in [9.17, 15) is 19.5 Å². The molecule has 1 aromatic heterocycles. The molecule has 0 fully saturated rings. The van der Waals surface area contributed by atoms with E-state index in [0.29, 0.717) is 5.69 Å². The van der Waals surface area contributed by atoms with Crippen molar-refractivity contribution in [1.82, 2.24) is 20.6 Å². The summed E-state index contributed by atoms with van der Waals surface area (Å²) in [4.78, 5) is 41.9. The molecule has 0 aliphatic carbocycles. The number of aliphatic carboxylic acids is 1. The van der Waals surface area contributed by atoms with Crippen LogP contribution in [-0.4, -0.2) is 51.5 Å². The van der Waals surface area contributed by atoms with Crippen LogP contribution in [0, 0.1) is 0 Å². The first-order chi connectivity index (χ1) is 12.5. The molecule has 6 N–H and O–H groups in total. The van der Waals surface area contributed by atoms with Gasteiger partial charge in [-0.15, -0.1) is 0 Å². The van der Waals surface area contributed by atoms with E-state index in [-0.39, 0.29) is 19.4 Å². The number of aromatic nitrogens is 2. The number of nitrogens with zero attached hydrogens (tertiary/aromatic N) is 1. The summed E-state index contributed by atoms with van der Waals surface area (Å²) in [7, 11) is 0. The first-order valence-electron chi connectivity index (χ1n) is 8.02. The summed E-state index contributed by atoms with van der Waals surface area (Å²) >= 11 is 0. The van der Waals surface area contributed by atoms with Crippen LogP contribution >= 0.6 is 0 Å². The number of imidazole rings is 1. The molecule has 2 rings (SSSR count). The number of amides is 2. The van der Waals surface area contributed by atoms with E-state index in [0.717, 1.165) is 5.56 Å². The number of nitrogens with two attached hydrogens (primary N) is 1. The first kappa shape index (κ1) is 19.1. The van der Waals surface area contributed by atoms with Crippen molar-refractivity contribution in [2.75, 3.05) is 6.54 Å². The van der Waals surface area contributed by atoms with Crippen molar-refractivity contribution in [1.29, 1.82) is 0 Å². The van der Waals surface area contributed by atoms with Crippen molar-refractivity contribution in [2.24, 2.45) is 5.73 Å². The van der Waals surface area contributed by atoms with Gasteiger partial charge in [-0.1, -0.05) is 30.3 Å². The smallest absolute Gasteiger partial charge is 0.326 e. The van der Waals surface area contributed by atoms with Gasteiger partial charge >= 0.3 is 5.97 Å². The molecule has 2 atom stereocenters. The number of benzene rings is 1. The number of carboxylic acid groups (broad SMARTS) is 1. The summed E-state index contributed by atoms with van der Waals surface area (Å²) in [5.41, 5.74) is 7.24. The Balaban J connectivity index is 1.80. The van der Waals surface area contributed by atoms with Gasteiger partial charge in [-0.2, -0.15) is 0 Å². The van der Waals surface area contributed by atoms with Gasteiger partial charge in [-0.3, -0.25) is 9.59 Å². The summed E-state index contributed by atoms with van der Waals surface area (Å²) < 4.78 is 0. The lowest BCUT2D eigenvalue weighted by molar-refractivity contribution is -0.141. The van der Waals surface area contributed by atoms with Gasteiger partial charge in [0.25, 0.3) is 0 Å². The van der Waals surface area contributed by atoms with Crippen LogP contribution < -0.4 is 16.4 Å². The zero-order chi connectivity index (χ0) is 18.9. The monoisotopic (exact) mass is 359 g/mol. The van der Waals surface area contributed by atoms with Gasteiger partial charge < -0.3 is 26.5 Å². The van der Waals surface area contributed by atoms with Gasteiger partial charge in [-0.05, 0) is 5.56 Å². The summed E-state index contributed by atoms with van der Waals surface area (Å²) in [5.74, 6) is -2.26. The highest BCUT2D eigenvalue weighted by Crippen LogP contribution is 2.03. The largest absolute Gasteiger partial charge is 0.480 e. The second-order valence-corrected chi connectivity index (χ2v) is 5.75. The summed E-state index contributed by atoms with van der Waals surface area (Å²) in [6.07, 6.45) is 3.43. The summed E-state index contributed by atoms with van der Waals surface area (Å²) in [5, 5.41) is 14.1. The SMILES string of the molecule is NC(Cc1cnc[nH]1)C(=O)NCC(=O)NC(Cc1ccccc1)C(=O)O. The molecule has 0 bridgehead atoms. The van der Waals surface area contributed by atoms with Crippen LogP contribution in [-0.2, 0) is 27.2 Å². The Kier molecular flexibility index (Phi) is 6.86. The standard InChI is InChI=1S/C17H21N5O4/c18-13(7-12-8-19-10-21-12)16(24)20-9-15(23)22-14(17(25)26)6-11-4-2-1-3-5-11/h1-5,8,10,13-14H,6-7,9,18H2,(H,19,21)(H,20,24)(H,22,23)(H,25,26). The highest BCUT2D eigenvalue weighted by Gasteiger charge is 2.21. The van der Waals surface area contributed by atoms with Crippen LogP contribution in [0.4, 0.5) is 0 Å². The lowest BCUT2D eigenvalue weighted by Crippen LogP contribution is -2.49. The number of nitrogens with one attached hydrogen (secondary N) is 3. The van der Waals surface area contributed by atoms with Crippen LogP contribution in [0.3, 0.4) is 0 Å². The quantitative estimate of drug-likeness (QED) is 0.396. The number of aromatic amines is 1. The molecule has 2 amide bonds. The molecule has 138 valence electrons. The van der Waals surface area contributed by atoms with Crippen molar-refractivity contribution in [3.8, 4) is 0 Å². The number of H-pyrrole nitrogens is 1. The molecule has 2 unspecified atom stereocenters. The Morgan fingerprint density at radius 1 is 1.19 bits per heavy atom. The minimum absolute atomic E-state index is 0.148. The van der Waals surface area contributed by atoms with Crippen LogP contribution in [0.15, 0.2) is 42.9 Å². The van der Waals surface area contributed by atoms with E-state index in [1.54, 1.807) is 30.5 Å². The van der Waals surface area contributed by atoms with E-state index in [1.165, 1.54) is 6.33 Å². The van der Waals surface area contributed by atoms with Gasteiger partial charge in [0, 0.05) is 24.7 Å². The fraction of sp³-hybridized carbons (Fsp3) is 0.294. The molecule has 0 saturated heterocycles. The average Bonchev–Trinajstić information content (AvgIpc) is 3.12. The Labute approximate surface area is 150 Å². The Morgan fingerprint density at radius 3 is 2.54 bits per heavy atom. The Bertz CT molecular complexity index is 733. The normalized spacial score (nSPS) is 12.8. The number of carbonyl (C=O) groups excluding carboxylic acids is 2. The Hall–Kier alpha value is -3.20. The predicted octanol–water partition coefficient (Wildman–Crippen LogP) is -0.792. The van der Waals surface area contributed by atoms with E-state index < -0.39 is 29.9 Å². The molecular weight excluding hydrogens is 338 g/mol. The van der Waals surface area contributed by atoms with Crippen LogP contribution in [0.25, 0.3) is 0 Å². The lowest BCUT2D eigenvalue weighted by Gasteiger charge is -2.16. The second kappa shape index (κ2) is 9.33. The van der Waals surface area contributed by atoms with Crippen molar-refractivity contribution < 1.29 is 19.5 Å². The maximum atomic E-state index is 11.9. The Morgan fingerprint density at radius 2 is 1.92 bits per heavy atom.